The molecule has 0 aliphatic carbocycles. The molecule has 0 radical (unpaired) electrons. The summed E-state index contributed by atoms with van der Waals surface area (Å²) in [5.41, 5.74) is 0. The molecule has 1 unspecified atom stereocenters. The highest BCUT2D eigenvalue weighted by atomic mass is 32.1. The van der Waals surface area contributed by atoms with Crippen molar-refractivity contribution in [3.63, 3.8) is 0 Å². The van der Waals surface area contributed by atoms with Crippen molar-refractivity contribution in [2.75, 3.05) is 0 Å². The minimum absolute atomic E-state index is 0.702. The number of hydrogen-bond donors (Lipinski definition) is 0. The molecule has 0 N–H and O–H groups in total. The van der Waals surface area contributed by atoms with Crippen LogP contribution in [0.2, 0.25) is 0 Å². The maximum atomic E-state index is 4.36. The summed E-state index contributed by atoms with van der Waals surface area (Å²) in [4.78, 5) is 5.81. The molecule has 12 heavy (non-hydrogen) atoms. The Bertz CT molecular complexity index is 229. The number of aromatic nitrogens is 1. The van der Waals surface area contributed by atoms with E-state index < -0.39 is 0 Å². The first-order valence-electron chi connectivity index (χ1n) is 4.72. The first kappa shape index (κ1) is 9.72. The monoisotopic (exact) mass is 183 g/mol. The van der Waals surface area contributed by atoms with Gasteiger partial charge in [-0.1, -0.05) is 27.2 Å². The molecule has 1 atom stereocenters. The number of aryl methyl sites for hydroxylation is 1. The van der Waals surface area contributed by atoms with Gasteiger partial charge < -0.3 is 0 Å². The molecule has 0 aliphatic heterocycles. The van der Waals surface area contributed by atoms with Crippen molar-refractivity contribution in [1.29, 1.82) is 0 Å². The van der Waals surface area contributed by atoms with E-state index in [9.17, 15) is 0 Å². The van der Waals surface area contributed by atoms with Gasteiger partial charge in [-0.2, -0.15) is 0 Å². The quantitative estimate of drug-likeness (QED) is 0.695. The third-order valence-corrected chi connectivity index (χ3v) is 3.45. The van der Waals surface area contributed by atoms with Crippen LogP contribution in [0, 0.1) is 0 Å². The van der Waals surface area contributed by atoms with Gasteiger partial charge in [0.2, 0.25) is 0 Å². The van der Waals surface area contributed by atoms with E-state index in [1.54, 1.807) is 0 Å². The number of rotatable bonds is 4. The van der Waals surface area contributed by atoms with Crippen molar-refractivity contribution < 1.29 is 0 Å². The zero-order valence-electron chi connectivity index (χ0n) is 8.13. The Morgan fingerprint density at radius 1 is 1.50 bits per heavy atom. The molecule has 1 aromatic rings. The van der Waals surface area contributed by atoms with Gasteiger partial charge in [-0.15, -0.1) is 11.3 Å². The molecule has 1 rings (SSSR count). The fraction of sp³-hybridized carbons (Fsp3) is 0.700. The van der Waals surface area contributed by atoms with Gasteiger partial charge in [0.1, 0.15) is 0 Å². The van der Waals surface area contributed by atoms with E-state index in [0.29, 0.717) is 5.92 Å². The van der Waals surface area contributed by atoms with Crippen LogP contribution < -0.4 is 0 Å². The van der Waals surface area contributed by atoms with Crippen LogP contribution in [0.3, 0.4) is 0 Å². The number of hydrogen-bond acceptors (Lipinski definition) is 2. The van der Waals surface area contributed by atoms with E-state index in [-0.39, 0.29) is 0 Å². The van der Waals surface area contributed by atoms with Gasteiger partial charge in [-0.05, 0) is 18.8 Å². The van der Waals surface area contributed by atoms with E-state index in [4.69, 9.17) is 0 Å². The molecule has 0 spiro atoms. The summed E-state index contributed by atoms with van der Waals surface area (Å²) >= 11 is 1.87. The number of thiazole rings is 1. The summed E-state index contributed by atoms with van der Waals surface area (Å²) in [6.07, 6.45) is 5.67. The van der Waals surface area contributed by atoms with Crippen molar-refractivity contribution in [1.82, 2.24) is 4.98 Å². The van der Waals surface area contributed by atoms with E-state index >= 15 is 0 Å². The molecule has 0 aliphatic rings. The van der Waals surface area contributed by atoms with Gasteiger partial charge >= 0.3 is 0 Å². The summed E-state index contributed by atoms with van der Waals surface area (Å²) in [5.74, 6) is 0.702. The maximum absolute atomic E-state index is 4.36. The lowest BCUT2D eigenvalue weighted by molar-refractivity contribution is 0.674. The second-order valence-corrected chi connectivity index (χ2v) is 4.35. The molecule has 1 heterocycles. The molecule has 1 aromatic heterocycles. The Morgan fingerprint density at radius 2 is 2.25 bits per heavy atom. The first-order chi connectivity index (χ1) is 5.77. The highest BCUT2D eigenvalue weighted by Gasteiger charge is 2.07. The van der Waals surface area contributed by atoms with E-state index in [0.717, 1.165) is 6.42 Å². The molecule has 0 bridgehead atoms. The van der Waals surface area contributed by atoms with Crippen LogP contribution in [0.4, 0.5) is 0 Å². The molecule has 1 nitrogen and oxygen atoms in total. The second kappa shape index (κ2) is 4.61. The van der Waals surface area contributed by atoms with Crippen LogP contribution in [0.1, 0.15) is 49.4 Å². The summed E-state index contributed by atoms with van der Waals surface area (Å²) in [6, 6.07) is 0. The van der Waals surface area contributed by atoms with Gasteiger partial charge in [-0.25, -0.2) is 4.98 Å². The average molecular weight is 183 g/mol. The molecule has 68 valence electrons. The molecule has 0 fully saturated rings. The van der Waals surface area contributed by atoms with Crippen molar-refractivity contribution >= 4 is 11.3 Å². The minimum Gasteiger partial charge on any atom is -0.249 e. The van der Waals surface area contributed by atoms with E-state index in [1.807, 2.05) is 17.5 Å². The fourth-order valence-electron chi connectivity index (χ4n) is 1.29. The topological polar surface area (TPSA) is 12.9 Å². The Morgan fingerprint density at radius 3 is 2.75 bits per heavy atom. The van der Waals surface area contributed by atoms with Crippen molar-refractivity contribution in [3.8, 4) is 0 Å². The highest BCUT2D eigenvalue weighted by Crippen LogP contribution is 2.26. The summed E-state index contributed by atoms with van der Waals surface area (Å²) in [6.45, 7) is 6.68. The zero-order chi connectivity index (χ0) is 8.97. The van der Waals surface area contributed by atoms with Gasteiger partial charge in [0.15, 0.2) is 0 Å². The zero-order valence-corrected chi connectivity index (χ0v) is 8.95. The third-order valence-electron chi connectivity index (χ3n) is 2.08. The SMILES string of the molecule is CCCC(C)c1cnc(CC)s1. The Hall–Kier alpha value is -0.370. The highest BCUT2D eigenvalue weighted by molar-refractivity contribution is 7.11. The fourth-order valence-corrected chi connectivity index (χ4v) is 2.24. The largest absolute Gasteiger partial charge is 0.249 e. The third kappa shape index (κ3) is 2.31. The Balaban J connectivity index is 2.61. The summed E-state index contributed by atoms with van der Waals surface area (Å²) < 4.78 is 0. The van der Waals surface area contributed by atoms with Crippen molar-refractivity contribution in [2.45, 2.75) is 46.0 Å². The van der Waals surface area contributed by atoms with Crippen LogP contribution in [-0.4, -0.2) is 4.98 Å². The standard InChI is InChI=1S/C10H17NS/c1-4-6-8(3)9-7-11-10(5-2)12-9/h7-8H,4-6H2,1-3H3. The van der Waals surface area contributed by atoms with Crippen molar-refractivity contribution in [3.05, 3.63) is 16.1 Å². The first-order valence-corrected chi connectivity index (χ1v) is 5.54. The molecule has 2 heteroatoms. The van der Waals surface area contributed by atoms with Crippen molar-refractivity contribution in [2.24, 2.45) is 0 Å². The van der Waals surface area contributed by atoms with Gasteiger partial charge in [-0.3, -0.25) is 0 Å². The molecule has 0 saturated carbocycles. The normalized spacial score (nSPS) is 13.2. The minimum atomic E-state index is 0.702. The molecular formula is C10H17NS. The lowest BCUT2D eigenvalue weighted by Crippen LogP contribution is -1.87. The molecular weight excluding hydrogens is 166 g/mol. The molecule has 0 aromatic carbocycles. The van der Waals surface area contributed by atoms with Gasteiger partial charge in [0.05, 0.1) is 5.01 Å². The van der Waals surface area contributed by atoms with Crippen LogP contribution >= 0.6 is 11.3 Å². The Kier molecular flexibility index (Phi) is 3.73. The lowest BCUT2D eigenvalue weighted by Gasteiger charge is -2.04. The number of nitrogens with zero attached hydrogens (tertiary/aromatic N) is 1. The van der Waals surface area contributed by atoms with E-state index in [1.165, 1.54) is 22.7 Å². The summed E-state index contributed by atoms with van der Waals surface area (Å²) in [7, 11) is 0. The van der Waals surface area contributed by atoms with Crippen LogP contribution in [0.15, 0.2) is 6.20 Å². The maximum Gasteiger partial charge on any atom is 0.0925 e. The van der Waals surface area contributed by atoms with Gasteiger partial charge in [0.25, 0.3) is 0 Å². The average Bonchev–Trinajstić information content (AvgIpc) is 2.52. The predicted octanol–water partition coefficient (Wildman–Crippen LogP) is 3.61. The lowest BCUT2D eigenvalue weighted by atomic mass is 10.1. The van der Waals surface area contributed by atoms with E-state index in [2.05, 4.69) is 25.8 Å². The summed E-state index contributed by atoms with van der Waals surface area (Å²) in [5, 5.41) is 1.27. The molecule has 0 amide bonds. The van der Waals surface area contributed by atoms with Gasteiger partial charge in [0, 0.05) is 11.1 Å². The smallest absolute Gasteiger partial charge is 0.0925 e. The second-order valence-electron chi connectivity index (χ2n) is 3.20. The Labute approximate surface area is 78.8 Å². The van der Waals surface area contributed by atoms with Crippen LogP contribution in [-0.2, 0) is 6.42 Å². The van der Waals surface area contributed by atoms with Crippen LogP contribution in [0.5, 0.6) is 0 Å². The molecule has 0 saturated heterocycles. The predicted molar refractivity (Wildman–Crippen MR) is 54.8 cm³/mol. The van der Waals surface area contributed by atoms with Crippen LogP contribution in [0.25, 0.3) is 0 Å².